The first kappa shape index (κ1) is 44.7. The Bertz CT molecular complexity index is 9.61. The van der Waals surface area contributed by atoms with Crippen LogP contribution in [0, 0.1) is 0 Å². The van der Waals surface area contributed by atoms with Crippen LogP contribution in [0.15, 0.2) is 0 Å². The Labute approximate surface area is 81.8 Å². The number of rotatable bonds is 0. The molecule has 0 atom stereocenters. The Morgan fingerprint density at radius 1 is 0.800 bits per heavy atom. The van der Waals surface area contributed by atoms with Crippen molar-refractivity contribution in [2.75, 3.05) is 0 Å². The molecule has 0 amide bonds. The predicted octanol–water partition coefficient (Wildman–Crippen LogP) is 0.580. The monoisotopic (exact) mass is 273 g/mol. The Kier molecular flexibility index (Phi) is 256. The van der Waals surface area contributed by atoms with E-state index in [2.05, 4.69) is 0 Å². The predicted molar refractivity (Wildman–Crippen MR) is 31.1 cm³/mol. The Hall–Kier alpha value is 2.90. The van der Waals surface area contributed by atoms with Gasteiger partial charge in [0.2, 0.25) is 0 Å². The van der Waals surface area contributed by atoms with Gasteiger partial charge in [0.25, 0.3) is 0 Å². The van der Waals surface area contributed by atoms with Gasteiger partial charge in [-0.3, -0.25) is 0 Å². The van der Waals surface area contributed by atoms with Crippen LogP contribution in [0.1, 0.15) is 0 Å². The van der Waals surface area contributed by atoms with E-state index in [9.17, 15) is 0 Å². The molecule has 19 valence electrons. The van der Waals surface area contributed by atoms with Gasteiger partial charge in [-0.15, -0.1) is 0 Å². The van der Waals surface area contributed by atoms with Gasteiger partial charge >= 0.3 is 45.6 Å². The third kappa shape index (κ3) is 19.7. The third-order valence-corrected chi connectivity index (χ3v) is 0. The van der Waals surface area contributed by atoms with Crippen molar-refractivity contribution >= 4 is 82.8 Å². The maximum Gasteiger partial charge on any atom is 3.00 e. The van der Waals surface area contributed by atoms with E-state index in [0.29, 0.717) is 0 Å². The molecule has 0 N–H and O–H groups in total. The van der Waals surface area contributed by atoms with Gasteiger partial charge in [-0.1, -0.05) is 0 Å². The quantitative estimate of drug-likeness (QED) is 0.447. The first-order valence-electron chi connectivity index (χ1n) is 0. The van der Waals surface area contributed by atoms with Crippen LogP contribution in [0.5, 0.6) is 0 Å². The molecule has 0 fully saturated rings. The average Bonchev–Trinajstić information content (AvgIpc) is 0. The van der Waals surface area contributed by atoms with E-state index in [1.165, 1.54) is 0 Å². The van der Waals surface area contributed by atoms with Gasteiger partial charge in [-0.05, 0) is 0 Å². The minimum atomic E-state index is 0. The van der Waals surface area contributed by atoms with Crippen LogP contribution in [0.25, 0.3) is 0 Å². The van der Waals surface area contributed by atoms with Gasteiger partial charge in [0, 0.05) is 17.4 Å². The molecule has 5 heteroatoms. The molecule has 0 aliphatic rings. The van der Waals surface area contributed by atoms with E-state index in [0.717, 1.165) is 0 Å². The van der Waals surface area contributed by atoms with Crippen LogP contribution in [0.2, 0.25) is 0 Å². The SMILES string of the molecule is [Al].[Ga+3].[In+3].[P-3].[P-3]. The fourth-order valence-corrected chi connectivity index (χ4v) is 0. The van der Waals surface area contributed by atoms with E-state index in [4.69, 9.17) is 0 Å². The zero-order valence-corrected chi connectivity index (χ0v) is 11.3. The zero-order valence-electron chi connectivity index (χ0n) is 2.63. The molecule has 0 aromatic heterocycles. The second-order valence-electron chi connectivity index (χ2n) is 0. The first-order valence-corrected chi connectivity index (χ1v) is 0. The molecule has 0 saturated carbocycles. The summed E-state index contributed by atoms with van der Waals surface area (Å²) >= 11 is 0. The molecule has 3 radical (unpaired) electrons. The van der Waals surface area contributed by atoms with Gasteiger partial charge in [0.15, 0.2) is 0 Å². The first-order chi connectivity index (χ1) is 0. The molecule has 0 nitrogen and oxygen atoms in total. The Morgan fingerprint density at radius 3 is 0.800 bits per heavy atom. The van der Waals surface area contributed by atoms with Crippen molar-refractivity contribution in [3.63, 3.8) is 0 Å². The van der Waals surface area contributed by atoms with Crippen molar-refractivity contribution in [2.24, 2.45) is 0 Å². The fourth-order valence-electron chi connectivity index (χ4n) is 0. The van der Waals surface area contributed by atoms with Crippen molar-refractivity contribution in [3.8, 4) is 0 Å². The molecule has 0 aliphatic carbocycles. The van der Waals surface area contributed by atoms with Crippen molar-refractivity contribution in [2.45, 2.75) is 0 Å². The van der Waals surface area contributed by atoms with Crippen LogP contribution >= 0.6 is 19.8 Å². The summed E-state index contributed by atoms with van der Waals surface area (Å²) in [6.45, 7) is 0. The Balaban J connectivity index is 0. The summed E-state index contributed by atoms with van der Waals surface area (Å²) in [4.78, 5) is 0. The molecule has 0 rings (SSSR count). The molecular weight excluding hydrogens is 273 g/mol. The second-order valence-corrected chi connectivity index (χ2v) is 0. The molecule has 0 aromatic carbocycles. The largest absolute Gasteiger partial charge is 3.00 e. The maximum atomic E-state index is 0. The molecule has 0 unspecified atom stereocenters. The summed E-state index contributed by atoms with van der Waals surface area (Å²) in [6, 6.07) is 0. The van der Waals surface area contributed by atoms with Crippen molar-refractivity contribution in [1.82, 2.24) is 0 Å². The van der Waals surface area contributed by atoms with E-state index in [1.807, 2.05) is 0 Å². The van der Waals surface area contributed by atoms with Gasteiger partial charge in [-0.25, -0.2) is 0 Å². The minimum absolute atomic E-state index is 0. The van der Waals surface area contributed by atoms with Crippen LogP contribution in [-0.4, -0.2) is 63.0 Å². The van der Waals surface area contributed by atoms with Gasteiger partial charge in [0.1, 0.15) is 0 Å². The van der Waals surface area contributed by atoms with E-state index < -0.39 is 0 Å². The fraction of sp³-hybridized carbons (Fsp3) is 0. The molecule has 5 heavy (non-hydrogen) atoms. The molecule has 0 aliphatic heterocycles. The summed E-state index contributed by atoms with van der Waals surface area (Å²) in [7, 11) is 0. The van der Waals surface area contributed by atoms with Crippen LogP contribution in [0.3, 0.4) is 0 Å². The van der Waals surface area contributed by atoms with Gasteiger partial charge < -0.3 is 19.8 Å². The summed E-state index contributed by atoms with van der Waals surface area (Å²) in [6.07, 6.45) is 0. The number of hydrogen-bond acceptors (Lipinski definition) is 0. The number of hydrogen-bond donors (Lipinski definition) is 0. The molecule has 0 heterocycles. The normalized spacial score (nSPS) is 0. The summed E-state index contributed by atoms with van der Waals surface area (Å²) in [5, 5.41) is 0. The summed E-state index contributed by atoms with van der Waals surface area (Å²) in [5.41, 5.74) is 0. The maximum absolute atomic E-state index is 0. The molecule has 0 spiro atoms. The Morgan fingerprint density at radius 2 is 0.800 bits per heavy atom. The minimum Gasteiger partial charge on any atom is -3.00 e. The second kappa shape index (κ2) is 28.6. The van der Waals surface area contributed by atoms with E-state index in [1.54, 1.807) is 0 Å². The van der Waals surface area contributed by atoms with E-state index >= 15 is 0 Å². The van der Waals surface area contributed by atoms with Crippen LogP contribution in [0.4, 0.5) is 0 Å². The topological polar surface area (TPSA) is 0 Å². The molecule has 0 bridgehead atoms. The van der Waals surface area contributed by atoms with E-state index in [-0.39, 0.29) is 82.8 Å². The average molecular weight is 273 g/mol. The van der Waals surface area contributed by atoms with Gasteiger partial charge in [0.05, 0.1) is 0 Å². The smallest absolute Gasteiger partial charge is 3.00 e. The molecule has 0 aromatic rings. The standard InChI is InChI=1S/Al.Ga.In.2P/q;2*+3;2*-3. The summed E-state index contributed by atoms with van der Waals surface area (Å²) in [5.74, 6) is 0. The van der Waals surface area contributed by atoms with Crippen LogP contribution in [-0.2, 0) is 0 Å². The third-order valence-electron chi connectivity index (χ3n) is 0. The molecule has 0 saturated heterocycles. The van der Waals surface area contributed by atoms with Crippen molar-refractivity contribution in [1.29, 1.82) is 0 Å². The van der Waals surface area contributed by atoms with Crippen LogP contribution < -0.4 is 0 Å². The van der Waals surface area contributed by atoms with Crippen molar-refractivity contribution in [3.05, 3.63) is 0 Å². The zero-order chi connectivity index (χ0) is 0. The van der Waals surface area contributed by atoms with Gasteiger partial charge in [-0.2, -0.15) is 0 Å². The molecular formula is AlGaInP2. The summed E-state index contributed by atoms with van der Waals surface area (Å²) < 4.78 is 0. The van der Waals surface area contributed by atoms with Crippen molar-refractivity contribution < 1.29 is 0 Å².